The predicted molar refractivity (Wildman–Crippen MR) is 88.8 cm³/mol. The molecule has 0 aromatic rings. The van der Waals surface area contributed by atoms with Gasteiger partial charge in [-0.05, 0) is 39.7 Å². The molecule has 0 saturated heterocycles. The summed E-state index contributed by atoms with van der Waals surface area (Å²) >= 11 is 0. The van der Waals surface area contributed by atoms with Gasteiger partial charge in [0.25, 0.3) is 0 Å². The molecule has 0 aromatic carbocycles. The van der Waals surface area contributed by atoms with Gasteiger partial charge in [0, 0.05) is 38.9 Å². The number of nitrogens with one attached hydrogen (secondary N) is 1. The largest absolute Gasteiger partial charge is 0.380 e. The van der Waals surface area contributed by atoms with Crippen LogP contribution >= 0.6 is 0 Å². The van der Waals surface area contributed by atoms with Crippen molar-refractivity contribution in [1.82, 2.24) is 10.2 Å². The second-order valence-corrected chi connectivity index (χ2v) is 5.99. The van der Waals surface area contributed by atoms with Crippen molar-refractivity contribution >= 4 is 0 Å². The van der Waals surface area contributed by atoms with E-state index in [2.05, 4.69) is 31.1 Å². The monoisotopic (exact) mass is 300 g/mol. The molecule has 0 heterocycles. The smallest absolute Gasteiger partial charge is 0.0593 e. The van der Waals surface area contributed by atoms with Crippen LogP contribution < -0.4 is 5.32 Å². The molecule has 0 aliphatic heterocycles. The molecule has 0 aromatic heterocycles. The zero-order valence-electron chi connectivity index (χ0n) is 14.4. The van der Waals surface area contributed by atoms with Crippen molar-refractivity contribution in [2.45, 2.75) is 52.0 Å². The van der Waals surface area contributed by atoms with Crippen LogP contribution in [0.4, 0.5) is 0 Å². The second kappa shape index (κ2) is 12.4. The van der Waals surface area contributed by atoms with Crippen LogP contribution in [0.2, 0.25) is 0 Å². The predicted octanol–water partition coefficient (Wildman–Crippen LogP) is 2.53. The van der Waals surface area contributed by atoms with Gasteiger partial charge in [-0.25, -0.2) is 0 Å². The molecule has 4 heteroatoms. The standard InChI is InChI=1S/C17H36N2O2/c1-4-20-13-11-19(12-14-21-5-2)15-17(18-3)16-9-7-6-8-10-16/h16-18H,4-15H2,1-3H3. The third-order valence-corrected chi connectivity index (χ3v) is 4.56. The summed E-state index contributed by atoms with van der Waals surface area (Å²) in [6.07, 6.45) is 7.00. The van der Waals surface area contributed by atoms with E-state index >= 15 is 0 Å². The molecule has 1 N–H and O–H groups in total. The van der Waals surface area contributed by atoms with Crippen molar-refractivity contribution in [2.24, 2.45) is 5.92 Å². The summed E-state index contributed by atoms with van der Waals surface area (Å²) in [5, 5.41) is 3.56. The Balaban J connectivity index is 2.41. The number of nitrogens with zero attached hydrogens (tertiary/aromatic N) is 1. The SMILES string of the molecule is CCOCCN(CCOCC)CC(NC)C1CCCCC1. The highest BCUT2D eigenvalue weighted by atomic mass is 16.5. The molecule has 1 aliphatic carbocycles. The first kappa shape index (κ1) is 18.9. The number of hydrogen-bond donors (Lipinski definition) is 1. The Kier molecular flexibility index (Phi) is 11.1. The van der Waals surface area contributed by atoms with E-state index in [1.807, 2.05) is 0 Å². The molecule has 0 radical (unpaired) electrons. The molecule has 1 rings (SSSR count). The molecule has 4 nitrogen and oxygen atoms in total. The minimum Gasteiger partial charge on any atom is -0.380 e. The van der Waals surface area contributed by atoms with E-state index in [-0.39, 0.29) is 0 Å². The molecule has 1 atom stereocenters. The summed E-state index contributed by atoms with van der Waals surface area (Å²) in [5.74, 6) is 0.838. The Morgan fingerprint density at radius 1 is 1.00 bits per heavy atom. The van der Waals surface area contributed by atoms with Gasteiger partial charge in [0.15, 0.2) is 0 Å². The summed E-state index contributed by atoms with van der Waals surface area (Å²) in [5.41, 5.74) is 0. The minimum atomic E-state index is 0.605. The zero-order chi connectivity index (χ0) is 15.3. The Bertz CT molecular complexity index is 223. The molecule has 0 bridgehead atoms. The van der Waals surface area contributed by atoms with Crippen LogP contribution in [0.25, 0.3) is 0 Å². The summed E-state index contributed by atoms with van der Waals surface area (Å²) in [7, 11) is 2.11. The van der Waals surface area contributed by atoms with Gasteiger partial charge in [0.1, 0.15) is 0 Å². The first-order valence-electron chi connectivity index (χ1n) is 8.86. The summed E-state index contributed by atoms with van der Waals surface area (Å²) in [4.78, 5) is 2.50. The summed E-state index contributed by atoms with van der Waals surface area (Å²) < 4.78 is 11.1. The Hall–Kier alpha value is -0.160. The van der Waals surface area contributed by atoms with Gasteiger partial charge in [-0.3, -0.25) is 4.90 Å². The van der Waals surface area contributed by atoms with E-state index in [4.69, 9.17) is 9.47 Å². The van der Waals surface area contributed by atoms with Crippen LogP contribution in [0.1, 0.15) is 46.0 Å². The zero-order valence-corrected chi connectivity index (χ0v) is 14.4. The van der Waals surface area contributed by atoms with E-state index in [1.54, 1.807) is 0 Å². The van der Waals surface area contributed by atoms with Crippen LogP contribution in [0.5, 0.6) is 0 Å². The highest BCUT2D eigenvalue weighted by molar-refractivity contribution is 4.81. The lowest BCUT2D eigenvalue weighted by atomic mass is 9.83. The molecule has 1 aliphatic rings. The van der Waals surface area contributed by atoms with Crippen LogP contribution in [0.15, 0.2) is 0 Å². The fourth-order valence-corrected chi connectivity index (χ4v) is 3.26. The van der Waals surface area contributed by atoms with E-state index in [0.717, 1.165) is 52.0 Å². The molecule has 21 heavy (non-hydrogen) atoms. The lowest BCUT2D eigenvalue weighted by Crippen LogP contribution is -2.46. The lowest BCUT2D eigenvalue weighted by molar-refractivity contribution is 0.0729. The van der Waals surface area contributed by atoms with Gasteiger partial charge in [-0.1, -0.05) is 19.3 Å². The van der Waals surface area contributed by atoms with Crippen LogP contribution in [-0.4, -0.2) is 64.1 Å². The highest BCUT2D eigenvalue weighted by Crippen LogP contribution is 2.26. The van der Waals surface area contributed by atoms with Gasteiger partial charge in [-0.2, -0.15) is 0 Å². The van der Waals surface area contributed by atoms with Gasteiger partial charge in [0.2, 0.25) is 0 Å². The fraction of sp³-hybridized carbons (Fsp3) is 1.00. The maximum Gasteiger partial charge on any atom is 0.0593 e. The van der Waals surface area contributed by atoms with Crippen LogP contribution in [0.3, 0.4) is 0 Å². The number of rotatable bonds is 12. The molecular formula is C17H36N2O2. The summed E-state index contributed by atoms with van der Waals surface area (Å²) in [6.45, 7) is 10.5. The Morgan fingerprint density at radius 3 is 2.05 bits per heavy atom. The third kappa shape index (κ3) is 8.15. The number of likely N-dealkylation sites (N-methyl/N-ethyl adjacent to an activating group) is 1. The topological polar surface area (TPSA) is 33.7 Å². The average Bonchev–Trinajstić information content (AvgIpc) is 2.53. The van der Waals surface area contributed by atoms with Gasteiger partial charge in [-0.15, -0.1) is 0 Å². The third-order valence-electron chi connectivity index (χ3n) is 4.56. The Morgan fingerprint density at radius 2 is 1.57 bits per heavy atom. The number of hydrogen-bond acceptors (Lipinski definition) is 4. The first-order chi connectivity index (χ1) is 10.3. The molecule has 0 amide bonds. The van der Waals surface area contributed by atoms with E-state index in [1.165, 1.54) is 32.1 Å². The molecule has 126 valence electrons. The van der Waals surface area contributed by atoms with Crippen LogP contribution in [-0.2, 0) is 9.47 Å². The highest BCUT2D eigenvalue weighted by Gasteiger charge is 2.24. The van der Waals surface area contributed by atoms with E-state index in [9.17, 15) is 0 Å². The van der Waals surface area contributed by atoms with Crippen molar-refractivity contribution in [3.05, 3.63) is 0 Å². The lowest BCUT2D eigenvalue weighted by Gasteiger charge is -2.34. The van der Waals surface area contributed by atoms with Crippen molar-refractivity contribution in [3.8, 4) is 0 Å². The Labute approximate surface area is 131 Å². The van der Waals surface area contributed by atoms with Crippen molar-refractivity contribution in [1.29, 1.82) is 0 Å². The maximum absolute atomic E-state index is 5.53. The van der Waals surface area contributed by atoms with E-state index in [0.29, 0.717) is 6.04 Å². The van der Waals surface area contributed by atoms with Gasteiger partial charge < -0.3 is 14.8 Å². The second-order valence-electron chi connectivity index (χ2n) is 5.99. The average molecular weight is 300 g/mol. The fourth-order valence-electron chi connectivity index (χ4n) is 3.26. The van der Waals surface area contributed by atoms with Gasteiger partial charge in [0.05, 0.1) is 13.2 Å². The minimum absolute atomic E-state index is 0.605. The number of ether oxygens (including phenoxy) is 2. The van der Waals surface area contributed by atoms with Crippen molar-refractivity contribution in [2.75, 3.05) is 53.1 Å². The van der Waals surface area contributed by atoms with Crippen LogP contribution in [0, 0.1) is 5.92 Å². The molecule has 1 fully saturated rings. The van der Waals surface area contributed by atoms with Crippen molar-refractivity contribution in [3.63, 3.8) is 0 Å². The molecule has 1 unspecified atom stereocenters. The molecule has 0 spiro atoms. The normalized spacial score (nSPS) is 18.3. The van der Waals surface area contributed by atoms with Gasteiger partial charge >= 0.3 is 0 Å². The molecule has 1 saturated carbocycles. The summed E-state index contributed by atoms with van der Waals surface area (Å²) in [6, 6.07) is 0.605. The first-order valence-corrected chi connectivity index (χ1v) is 8.86. The van der Waals surface area contributed by atoms with E-state index < -0.39 is 0 Å². The van der Waals surface area contributed by atoms with Crippen molar-refractivity contribution < 1.29 is 9.47 Å². The maximum atomic E-state index is 5.53. The quantitative estimate of drug-likeness (QED) is 0.562. The molecular weight excluding hydrogens is 264 g/mol.